The maximum atomic E-state index is 12.0. The van der Waals surface area contributed by atoms with Crippen LogP contribution in [0.4, 0.5) is 5.69 Å². The molecular formula is C18H19ClN2O4. The maximum Gasteiger partial charge on any atom is 0.239 e. The summed E-state index contributed by atoms with van der Waals surface area (Å²) in [6, 6.07) is 12.6. The highest BCUT2D eigenvalue weighted by Crippen LogP contribution is 2.30. The lowest BCUT2D eigenvalue weighted by molar-refractivity contribution is -0.119. The zero-order valence-electron chi connectivity index (χ0n) is 13.8. The Bertz CT molecular complexity index is 754. The van der Waals surface area contributed by atoms with Crippen LogP contribution in [0.5, 0.6) is 17.2 Å². The first-order chi connectivity index (χ1) is 12.2. The Balaban J connectivity index is 1.47. The molecule has 0 bridgehead atoms. The number of anilines is 1. The number of fused-ring (bicyclic) bond motifs is 1. The van der Waals surface area contributed by atoms with Gasteiger partial charge in [0.2, 0.25) is 5.91 Å². The minimum atomic E-state index is -0.223. The number of rotatable bonds is 6. The Morgan fingerprint density at radius 1 is 1.28 bits per heavy atom. The Labute approximate surface area is 151 Å². The molecule has 0 saturated heterocycles. The van der Waals surface area contributed by atoms with E-state index in [4.69, 9.17) is 25.8 Å². The van der Waals surface area contributed by atoms with Gasteiger partial charge in [0.25, 0.3) is 0 Å². The fraction of sp³-hybridized carbons (Fsp3) is 0.278. The molecule has 25 heavy (non-hydrogen) atoms. The molecule has 0 saturated carbocycles. The second-order valence-electron chi connectivity index (χ2n) is 5.50. The van der Waals surface area contributed by atoms with Crippen LogP contribution in [0.15, 0.2) is 42.5 Å². The second kappa shape index (κ2) is 7.98. The number of methoxy groups -OCH3 is 1. The fourth-order valence-corrected chi connectivity index (χ4v) is 2.62. The highest BCUT2D eigenvalue weighted by molar-refractivity contribution is 6.30. The lowest BCUT2D eigenvalue weighted by atomic mass is 10.2. The van der Waals surface area contributed by atoms with Crippen LogP contribution in [0.3, 0.4) is 0 Å². The molecule has 0 aromatic heterocycles. The lowest BCUT2D eigenvalue weighted by Crippen LogP contribution is -2.42. The Morgan fingerprint density at radius 2 is 2.08 bits per heavy atom. The predicted octanol–water partition coefficient (Wildman–Crippen LogP) is 2.72. The Hall–Kier alpha value is -2.60. The molecular weight excluding hydrogens is 344 g/mol. The highest BCUT2D eigenvalue weighted by Gasteiger charge is 2.21. The zero-order valence-corrected chi connectivity index (χ0v) is 14.5. The van der Waals surface area contributed by atoms with Gasteiger partial charge in [-0.1, -0.05) is 23.7 Å². The van der Waals surface area contributed by atoms with Crippen LogP contribution in [0.2, 0.25) is 5.02 Å². The van der Waals surface area contributed by atoms with Crippen molar-refractivity contribution < 1.29 is 19.0 Å². The summed E-state index contributed by atoms with van der Waals surface area (Å²) in [5.41, 5.74) is 0.663. The summed E-state index contributed by atoms with van der Waals surface area (Å²) in [6.45, 7) is 0.856. The molecule has 2 aromatic carbocycles. The first-order valence-electron chi connectivity index (χ1n) is 7.88. The molecule has 3 rings (SSSR count). The van der Waals surface area contributed by atoms with Crippen LogP contribution in [0.25, 0.3) is 0 Å². The number of nitrogens with one attached hydrogen (secondary N) is 2. The smallest absolute Gasteiger partial charge is 0.239 e. The number of carbonyl (C=O) groups excluding carboxylic acids is 1. The summed E-state index contributed by atoms with van der Waals surface area (Å²) >= 11 is 5.97. The van der Waals surface area contributed by atoms with Crippen LogP contribution in [-0.2, 0) is 4.79 Å². The Kier molecular flexibility index (Phi) is 5.50. The Morgan fingerprint density at radius 3 is 2.88 bits per heavy atom. The van der Waals surface area contributed by atoms with Crippen molar-refractivity contribution >= 4 is 23.2 Å². The SMILES string of the molecule is COc1ccc(Cl)cc1NCC(=O)NCC1COc2ccccc2O1. The normalized spacial score (nSPS) is 15.4. The number of amides is 1. The van der Waals surface area contributed by atoms with Crippen molar-refractivity contribution in [2.75, 3.05) is 32.1 Å². The molecule has 1 aliphatic heterocycles. The molecule has 7 heteroatoms. The van der Waals surface area contributed by atoms with Crippen LogP contribution in [0.1, 0.15) is 0 Å². The van der Waals surface area contributed by atoms with E-state index in [0.29, 0.717) is 35.4 Å². The van der Waals surface area contributed by atoms with E-state index in [-0.39, 0.29) is 18.6 Å². The molecule has 1 amide bonds. The predicted molar refractivity (Wildman–Crippen MR) is 95.9 cm³/mol. The fourth-order valence-electron chi connectivity index (χ4n) is 2.45. The maximum absolute atomic E-state index is 12.0. The van der Waals surface area contributed by atoms with Gasteiger partial charge in [0.05, 0.1) is 25.9 Å². The zero-order chi connectivity index (χ0) is 17.6. The van der Waals surface area contributed by atoms with Gasteiger partial charge < -0.3 is 24.8 Å². The number of benzene rings is 2. The molecule has 2 aromatic rings. The molecule has 0 fully saturated rings. The largest absolute Gasteiger partial charge is 0.495 e. The van der Waals surface area contributed by atoms with Gasteiger partial charge >= 0.3 is 0 Å². The average molecular weight is 363 g/mol. The quantitative estimate of drug-likeness (QED) is 0.827. The third-order valence-electron chi connectivity index (χ3n) is 3.70. The number of ether oxygens (including phenoxy) is 3. The first kappa shape index (κ1) is 17.2. The van der Waals surface area contributed by atoms with E-state index >= 15 is 0 Å². The van der Waals surface area contributed by atoms with Crippen molar-refractivity contribution in [3.8, 4) is 17.2 Å². The summed E-state index contributed by atoms with van der Waals surface area (Å²) in [7, 11) is 1.56. The monoisotopic (exact) mass is 362 g/mol. The summed E-state index contributed by atoms with van der Waals surface area (Å²) in [6.07, 6.45) is -0.223. The average Bonchev–Trinajstić information content (AvgIpc) is 2.64. The van der Waals surface area contributed by atoms with Gasteiger partial charge in [0, 0.05) is 5.02 Å². The summed E-state index contributed by atoms with van der Waals surface area (Å²) in [5.74, 6) is 1.87. The van der Waals surface area contributed by atoms with Gasteiger partial charge in [-0.15, -0.1) is 0 Å². The molecule has 0 aliphatic carbocycles. The number of hydrogen-bond acceptors (Lipinski definition) is 5. The summed E-state index contributed by atoms with van der Waals surface area (Å²) < 4.78 is 16.6. The van der Waals surface area contributed by atoms with Crippen LogP contribution in [-0.4, -0.2) is 38.8 Å². The van der Waals surface area contributed by atoms with Gasteiger partial charge in [-0.3, -0.25) is 4.79 Å². The second-order valence-corrected chi connectivity index (χ2v) is 5.94. The topological polar surface area (TPSA) is 68.8 Å². The molecule has 0 radical (unpaired) electrons. The number of hydrogen-bond donors (Lipinski definition) is 2. The van der Waals surface area contributed by atoms with E-state index in [1.54, 1.807) is 25.3 Å². The number of carbonyl (C=O) groups is 1. The number of para-hydroxylation sites is 2. The van der Waals surface area contributed by atoms with Gasteiger partial charge in [0.1, 0.15) is 18.5 Å². The van der Waals surface area contributed by atoms with E-state index in [0.717, 1.165) is 5.75 Å². The van der Waals surface area contributed by atoms with Crippen LogP contribution in [0, 0.1) is 0 Å². The van der Waals surface area contributed by atoms with E-state index < -0.39 is 0 Å². The molecule has 1 aliphatic rings. The molecule has 1 atom stereocenters. The van der Waals surface area contributed by atoms with Crippen molar-refractivity contribution in [2.24, 2.45) is 0 Å². The van der Waals surface area contributed by atoms with E-state index in [9.17, 15) is 4.79 Å². The first-order valence-corrected chi connectivity index (χ1v) is 8.26. The van der Waals surface area contributed by atoms with Crippen molar-refractivity contribution in [1.82, 2.24) is 5.32 Å². The molecule has 132 valence electrons. The lowest BCUT2D eigenvalue weighted by Gasteiger charge is -2.26. The molecule has 6 nitrogen and oxygen atoms in total. The third-order valence-corrected chi connectivity index (χ3v) is 3.93. The molecule has 1 heterocycles. The minimum Gasteiger partial charge on any atom is -0.495 e. The van der Waals surface area contributed by atoms with Gasteiger partial charge in [-0.25, -0.2) is 0 Å². The van der Waals surface area contributed by atoms with Gasteiger partial charge in [0.15, 0.2) is 11.5 Å². The highest BCUT2D eigenvalue weighted by atomic mass is 35.5. The van der Waals surface area contributed by atoms with E-state index in [1.165, 1.54) is 0 Å². The third kappa shape index (κ3) is 4.48. The van der Waals surface area contributed by atoms with Crippen LogP contribution >= 0.6 is 11.6 Å². The van der Waals surface area contributed by atoms with Crippen molar-refractivity contribution in [3.05, 3.63) is 47.5 Å². The number of halogens is 1. The standard InChI is InChI=1S/C18H19ClN2O4/c1-23-15-7-6-12(19)8-14(15)20-10-18(22)21-9-13-11-24-16-4-2-3-5-17(16)25-13/h2-8,13,20H,9-11H2,1H3,(H,21,22). The van der Waals surface area contributed by atoms with Crippen LogP contribution < -0.4 is 24.8 Å². The summed E-state index contributed by atoms with van der Waals surface area (Å²) in [4.78, 5) is 12.0. The summed E-state index contributed by atoms with van der Waals surface area (Å²) in [5, 5.41) is 6.40. The molecule has 1 unspecified atom stereocenters. The molecule has 0 spiro atoms. The minimum absolute atomic E-state index is 0.0981. The van der Waals surface area contributed by atoms with E-state index in [2.05, 4.69) is 10.6 Å². The van der Waals surface area contributed by atoms with Gasteiger partial charge in [-0.2, -0.15) is 0 Å². The van der Waals surface area contributed by atoms with Crippen molar-refractivity contribution in [1.29, 1.82) is 0 Å². The van der Waals surface area contributed by atoms with Gasteiger partial charge in [-0.05, 0) is 30.3 Å². The molecule has 2 N–H and O–H groups in total. The van der Waals surface area contributed by atoms with Crippen molar-refractivity contribution in [2.45, 2.75) is 6.10 Å². The van der Waals surface area contributed by atoms with E-state index in [1.807, 2.05) is 24.3 Å². The van der Waals surface area contributed by atoms with Crippen molar-refractivity contribution in [3.63, 3.8) is 0 Å².